The predicted octanol–water partition coefficient (Wildman–Crippen LogP) is 1.22. The molecule has 4 saturated heterocycles. The molecule has 0 radical (unpaired) electrons. The SMILES string of the molecule is COC[C@@H]1CCCN1C(=O)[C@H]1[C@H]2C[C@H](CN(CCn3cccn3)C2)[C@@H]2CCCC(=O)N21. The van der Waals surface area contributed by atoms with Gasteiger partial charge in [0.25, 0.3) is 0 Å². The van der Waals surface area contributed by atoms with E-state index in [1.807, 2.05) is 32.9 Å². The van der Waals surface area contributed by atoms with Crippen molar-refractivity contribution in [3.63, 3.8) is 0 Å². The Morgan fingerprint density at radius 2 is 2.06 bits per heavy atom. The summed E-state index contributed by atoms with van der Waals surface area (Å²) in [7, 11) is 1.70. The van der Waals surface area contributed by atoms with Crippen LogP contribution in [0.5, 0.6) is 0 Å². The van der Waals surface area contributed by atoms with Crippen molar-refractivity contribution >= 4 is 11.8 Å². The van der Waals surface area contributed by atoms with E-state index in [0.717, 1.165) is 64.8 Å². The molecule has 5 rings (SSSR count). The molecule has 2 bridgehead atoms. The van der Waals surface area contributed by atoms with Crippen LogP contribution in [0.4, 0.5) is 0 Å². The van der Waals surface area contributed by atoms with Crippen molar-refractivity contribution in [3.05, 3.63) is 18.5 Å². The second-order valence-electron chi connectivity index (χ2n) is 9.77. The summed E-state index contributed by atoms with van der Waals surface area (Å²) >= 11 is 0. The van der Waals surface area contributed by atoms with Gasteiger partial charge in [-0.1, -0.05) is 0 Å². The second kappa shape index (κ2) is 8.90. The molecule has 0 unspecified atom stereocenters. The van der Waals surface area contributed by atoms with Gasteiger partial charge < -0.3 is 19.4 Å². The van der Waals surface area contributed by atoms with E-state index < -0.39 is 0 Å². The van der Waals surface area contributed by atoms with Gasteiger partial charge in [0, 0.05) is 64.1 Å². The molecule has 0 saturated carbocycles. The molecule has 8 nitrogen and oxygen atoms in total. The van der Waals surface area contributed by atoms with Gasteiger partial charge in [0.05, 0.1) is 19.2 Å². The summed E-state index contributed by atoms with van der Waals surface area (Å²) in [5, 5.41) is 4.33. The van der Waals surface area contributed by atoms with Gasteiger partial charge in [-0.25, -0.2) is 0 Å². The molecule has 2 amide bonds. The molecule has 1 aromatic heterocycles. The molecule has 0 aliphatic carbocycles. The Kier molecular flexibility index (Phi) is 6.01. The van der Waals surface area contributed by atoms with Crippen LogP contribution in [-0.2, 0) is 20.9 Å². The van der Waals surface area contributed by atoms with Gasteiger partial charge in [0.1, 0.15) is 6.04 Å². The quantitative estimate of drug-likeness (QED) is 0.680. The summed E-state index contributed by atoms with van der Waals surface area (Å²) in [4.78, 5) is 33.5. The molecule has 5 atom stereocenters. The Bertz CT molecular complexity index is 784. The number of hydrogen-bond donors (Lipinski definition) is 0. The van der Waals surface area contributed by atoms with Crippen molar-refractivity contribution in [2.24, 2.45) is 11.8 Å². The largest absolute Gasteiger partial charge is 0.383 e. The van der Waals surface area contributed by atoms with Gasteiger partial charge in [-0.3, -0.25) is 14.3 Å². The highest BCUT2D eigenvalue weighted by Crippen LogP contribution is 2.42. The number of rotatable bonds is 6. The average molecular weight is 430 g/mol. The summed E-state index contributed by atoms with van der Waals surface area (Å²) < 4.78 is 7.37. The van der Waals surface area contributed by atoms with Crippen LogP contribution in [0.15, 0.2) is 18.5 Å². The van der Waals surface area contributed by atoms with E-state index in [2.05, 4.69) is 10.00 Å². The van der Waals surface area contributed by atoms with Gasteiger partial charge in [0.15, 0.2) is 0 Å². The molecular weight excluding hydrogens is 394 g/mol. The monoisotopic (exact) mass is 429 g/mol. The average Bonchev–Trinajstić information content (AvgIpc) is 3.45. The topological polar surface area (TPSA) is 70.9 Å². The number of amides is 2. The lowest BCUT2D eigenvalue weighted by atomic mass is 9.71. The third kappa shape index (κ3) is 4.00. The van der Waals surface area contributed by atoms with Gasteiger partial charge in [0.2, 0.25) is 11.8 Å². The Morgan fingerprint density at radius 3 is 2.87 bits per heavy atom. The first kappa shape index (κ1) is 20.9. The molecular formula is C23H35N5O3. The standard InChI is InChI=1S/C23H35N5O3/c1-31-16-19-5-3-10-27(19)23(30)22-18-13-17(20-6-2-7-21(29)28(20)22)14-25(15-18)11-12-26-9-4-8-24-26/h4,8-9,17-20,22H,2-3,5-7,10-16H2,1H3/t17-,18+,19+,20+,22-/m1/s1. The maximum atomic E-state index is 13.9. The molecule has 5 heterocycles. The normalized spacial score (nSPS) is 33.6. The second-order valence-corrected chi connectivity index (χ2v) is 9.77. The summed E-state index contributed by atoms with van der Waals surface area (Å²) in [5.74, 6) is 1.04. The number of nitrogens with zero attached hydrogens (tertiary/aromatic N) is 5. The summed E-state index contributed by atoms with van der Waals surface area (Å²) in [6.07, 6.45) is 9.46. The third-order valence-electron chi connectivity index (χ3n) is 7.89. The zero-order chi connectivity index (χ0) is 21.4. The van der Waals surface area contributed by atoms with E-state index in [9.17, 15) is 9.59 Å². The molecule has 4 fully saturated rings. The molecule has 8 heteroatoms. The van der Waals surface area contributed by atoms with E-state index in [0.29, 0.717) is 18.9 Å². The van der Waals surface area contributed by atoms with Gasteiger partial charge in [-0.2, -0.15) is 5.10 Å². The van der Waals surface area contributed by atoms with Gasteiger partial charge in [-0.05, 0) is 44.1 Å². The first-order chi connectivity index (χ1) is 15.2. The Hall–Kier alpha value is -1.93. The number of aromatic nitrogens is 2. The Labute approximate surface area is 184 Å². The molecule has 0 aromatic carbocycles. The fraction of sp³-hybridized carbons (Fsp3) is 0.783. The van der Waals surface area contributed by atoms with Crippen LogP contribution in [0, 0.1) is 11.8 Å². The molecule has 170 valence electrons. The van der Waals surface area contributed by atoms with Crippen LogP contribution < -0.4 is 0 Å². The lowest BCUT2D eigenvalue weighted by molar-refractivity contribution is -0.166. The molecule has 31 heavy (non-hydrogen) atoms. The van der Waals surface area contributed by atoms with Crippen LogP contribution >= 0.6 is 0 Å². The number of fused-ring (bicyclic) bond motifs is 4. The maximum absolute atomic E-state index is 13.9. The van der Waals surface area contributed by atoms with Gasteiger partial charge in [-0.15, -0.1) is 0 Å². The van der Waals surface area contributed by atoms with Crippen molar-refractivity contribution in [1.82, 2.24) is 24.5 Å². The van der Waals surface area contributed by atoms with Crippen LogP contribution in [0.2, 0.25) is 0 Å². The first-order valence-electron chi connectivity index (χ1n) is 12.0. The van der Waals surface area contributed by atoms with E-state index in [1.165, 1.54) is 0 Å². The minimum atomic E-state index is -0.306. The number of hydrogen-bond acceptors (Lipinski definition) is 5. The number of methoxy groups -OCH3 is 1. The highest BCUT2D eigenvalue weighted by molar-refractivity contribution is 5.89. The van der Waals surface area contributed by atoms with E-state index >= 15 is 0 Å². The smallest absolute Gasteiger partial charge is 0.246 e. The zero-order valence-corrected chi connectivity index (χ0v) is 18.6. The lowest BCUT2D eigenvalue weighted by Crippen LogP contribution is -2.69. The zero-order valence-electron chi connectivity index (χ0n) is 18.6. The van der Waals surface area contributed by atoms with Crippen molar-refractivity contribution in [3.8, 4) is 0 Å². The van der Waals surface area contributed by atoms with Crippen molar-refractivity contribution in [2.45, 2.75) is 63.2 Å². The molecule has 4 aliphatic heterocycles. The summed E-state index contributed by atoms with van der Waals surface area (Å²) in [6.45, 7) is 5.07. The van der Waals surface area contributed by atoms with Crippen molar-refractivity contribution in [2.75, 3.05) is 39.9 Å². The fourth-order valence-corrected chi connectivity index (χ4v) is 6.59. The minimum Gasteiger partial charge on any atom is -0.383 e. The number of carbonyl (C=O) groups excluding carboxylic acids is 2. The highest BCUT2D eigenvalue weighted by Gasteiger charge is 2.53. The number of piperidine rings is 3. The predicted molar refractivity (Wildman–Crippen MR) is 115 cm³/mol. The summed E-state index contributed by atoms with van der Waals surface area (Å²) in [5.41, 5.74) is 0. The van der Waals surface area contributed by atoms with E-state index in [1.54, 1.807) is 7.11 Å². The van der Waals surface area contributed by atoms with Crippen LogP contribution in [0.1, 0.15) is 38.5 Å². The third-order valence-corrected chi connectivity index (χ3v) is 7.89. The lowest BCUT2D eigenvalue weighted by Gasteiger charge is -2.56. The highest BCUT2D eigenvalue weighted by atomic mass is 16.5. The van der Waals surface area contributed by atoms with Crippen molar-refractivity contribution in [1.29, 1.82) is 0 Å². The molecule has 4 aliphatic rings. The molecule has 0 spiro atoms. The fourth-order valence-electron chi connectivity index (χ4n) is 6.59. The van der Waals surface area contributed by atoms with Gasteiger partial charge >= 0.3 is 0 Å². The van der Waals surface area contributed by atoms with E-state index in [-0.39, 0.29) is 35.9 Å². The van der Waals surface area contributed by atoms with Crippen LogP contribution in [0.3, 0.4) is 0 Å². The Balaban J connectivity index is 1.37. The minimum absolute atomic E-state index is 0.146. The molecule has 1 aromatic rings. The Morgan fingerprint density at radius 1 is 1.19 bits per heavy atom. The number of carbonyl (C=O) groups is 2. The molecule has 0 N–H and O–H groups in total. The van der Waals surface area contributed by atoms with E-state index in [4.69, 9.17) is 4.74 Å². The van der Waals surface area contributed by atoms with Crippen LogP contribution in [0.25, 0.3) is 0 Å². The number of ether oxygens (including phenoxy) is 1. The van der Waals surface area contributed by atoms with Crippen LogP contribution in [-0.4, -0.2) is 94.3 Å². The van der Waals surface area contributed by atoms with Crippen molar-refractivity contribution < 1.29 is 14.3 Å². The number of likely N-dealkylation sites (tertiary alicyclic amines) is 2. The first-order valence-corrected chi connectivity index (χ1v) is 12.0. The maximum Gasteiger partial charge on any atom is 0.246 e. The summed E-state index contributed by atoms with van der Waals surface area (Å²) in [6, 6.07) is 2.01.